The van der Waals surface area contributed by atoms with Crippen LogP contribution in [0.15, 0.2) is 48.7 Å². The number of hydrogen-bond donors (Lipinski definition) is 1. The lowest BCUT2D eigenvalue weighted by Gasteiger charge is -2.21. The van der Waals surface area contributed by atoms with E-state index in [9.17, 15) is 4.79 Å². The summed E-state index contributed by atoms with van der Waals surface area (Å²) in [5.74, 6) is 1.40. The van der Waals surface area contributed by atoms with Crippen molar-refractivity contribution < 1.29 is 14.3 Å². The summed E-state index contributed by atoms with van der Waals surface area (Å²) in [5.41, 5.74) is 1.92. The molecule has 1 aliphatic heterocycles. The summed E-state index contributed by atoms with van der Waals surface area (Å²) in [6.45, 7) is 3.29. The molecule has 3 aromatic rings. The van der Waals surface area contributed by atoms with E-state index in [1.165, 1.54) is 0 Å². The molecule has 1 amide bonds. The first kappa shape index (κ1) is 16.8. The van der Waals surface area contributed by atoms with E-state index in [0.717, 1.165) is 28.0 Å². The highest BCUT2D eigenvalue weighted by Gasteiger charge is 2.16. The van der Waals surface area contributed by atoms with Gasteiger partial charge in [-0.25, -0.2) is 0 Å². The molecule has 0 saturated heterocycles. The second-order valence-electron chi connectivity index (χ2n) is 6.34. The van der Waals surface area contributed by atoms with Gasteiger partial charge in [-0.2, -0.15) is 0 Å². The summed E-state index contributed by atoms with van der Waals surface area (Å²) >= 11 is 6.07. The molecule has 1 unspecified atom stereocenters. The summed E-state index contributed by atoms with van der Waals surface area (Å²) in [6.07, 6.45) is 1.90. The molecule has 0 saturated carbocycles. The second-order valence-corrected chi connectivity index (χ2v) is 6.78. The average Bonchev–Trinajstić information content (AvgIpc) is 3.03. The fourth-order valence-electron chi connectivity index (χ4n) is 3.15. The number of fused-ring (bicyclic) bond motifs is 2. The Labute approximate surface area is 156 Å². The Bertz CT molecular complexity index is 967. The Morgan fingerprint density at radius 1 is 1.15 bits per heavy atom. The largest absolute Gasteiger partial charge is 0.486 e. The van der Waals surface area contributed by atoms with Crippen molar-refractivity contribution in [3.63, 3.8) is 0 Å². The lowest BCUT2D eigenvalue weighted by atomic mass is 10.1. The van der Waals surface area contributed by atoms with E-state index in [1.807, 2.05) is 60.2 Å². The number of rotatable bonds is 4. The Kier molecular flexibility index (Phi) is 4.47. The van der Waals surface area contributed by atoms with E-state index in [2.05, 4.69) is 5.32 Å². The number of nitrogens with one attached hydrogen (secondary N) is 1. The van der Waals surface area contributed by atoms with E-state index in [1.54, 1.807) is 0 Å². The maximum atomic E-state index is 12.5. The third-order valence-electron chi connectivity index (χ3n) is 4.49. The number of carbonyl (C=O) groups is 1. The highest BCUT2D eigenvalue weighted by molar-refractivity contribution is 6.31. The molecule has 0 radical (unpaired) electrons. The van der Waals surface area contributed by atoms with Crippen molar-refractivity contribution >= 4 is 28.4 Å². The maximum absolute atomic E-state index is 12.5. The summed E-state index contributed by atoms with van der Waals surface area (Å²) < 4.78 is 13.0. The van der Waals surface area contributed by atoms with Gasteiger partial charge in [-0.3, -0.25) is 4.79 Å². The standard InChI is InChI=1S/C20H19ClN2O3/c1-13(15-3-5-18-19(10-15)26-9-8-25-18)22-20(24)12-23-7-6-14-2-4-16(21)11-17(14)23/h2-7,10-11,13H,8-9,12H2,1H3,(H,22,24). The molecule has 0 fully saturated rings. The minimum absolute atomic E-state index is 0.0649. The number of halogens is 1. The quantitative estimate of drug-likeness (QED) is 0.756. The Hall–Kier alpha value is -2.66. The van der Waals surface area contributed by atoms with Gasteiger partial charge in [0.25, 0.3) is 0 Å². The van der Waals surface area contributed by atoms with Crippen molar-refractivity contribution in [2.75, 3.05) is 13.2 Å². The minimum atomic E-state index is -0.135. The van der Waals surface area contributed by atoms with Crippen LogP contribution in [-0.4, -0.2) is 23.7 Å². The van der Waals surface area contributed by atoms with E-state index >= 15 is 0 Å². The van der Waals surface area contributed by atoms with Crippen LogP contribution in [0.5, 0.6) is 11.5 Å². The van der Waals surface area contributed by atoms with E-state index in [-0.39, 0.29) is 18.5 Å². The third kappa shape index (κ3) is 3.35. The van der Waals surface area contributed by atoms with Crippen LogP contribution in [-0.2, 0) is 11.3 Å². The zero-order chi connectivity index (χ0) is 18.1. The first-order valence-corrected chi connectivity index (χ1v) is 8.91. The fourth-order valence-corrected chi connectivity index (χ4v) is 3.32. The van der Waals surface area contributed by atoms with Crippen LogP contribution in [0.4, 0.5) is 0 Å². The zero-order valence-corrected chi connectivity index (χ0v) is 15.1. The summed E-state index contributed by atoms with van der Waals surface area (Å²) in [7, 11) is 0. The van der Waals surface area contributed by atoms with Crippen LogP contribution in [0.2, 0.25) is 5.02 Å². The van der Waals surface area contributed by atoms with Gasteiger partial charge in [0, 0.05) is 16.7 Å². The predicted octanol–water partition coefficient (Wildman–Crippen LogP) is 3.94. The molecule has 6 heteroatoms. The molecular weight excluding hydrogens is 352 g/mol. The second kappa shape index (κ2) is 6.92. The number of carbonyl (C=O) groups excluding carboxylic acids is 1. The Morgan fingerprint density at radius 3 is 2.81 bits per heavy atom. The molecule has 0 spiro atoms. The van der Waals surface area contributed by atoms with E-state index < -0.39 is 0 Å². The molecule has 5 nitrogen and oxygen atoms in total. The van der Waals surface area contributed by atoms with Crippen molar-refractivity contribution in [2.45, 2.75) is 19.5 Å². The van der Waals surface area contributed by atoms with Gasteiger partial charge in [0.15, 0.2) is 11.5 Å². The van der Waals surface area contributed by atoms with Crippen molar-refractivity contribution in [3.05, 3.63) is 59.2 Å². The van der Waals surface area contributed by atoms with E-state index in [0.29, 0.717) is 18.2 Å². The van der Waals surface area contributed by atoms with Gasteiger partial charge >= 0.3 is 0 Å². The van der Waals surface area contributed by atoms with Crippen LogP contribution < -0.4 is 14.8 Å². The van der Waals surface area contributed by atoms with Crippen molar-refractivity contribution in [1.29, 1.82) is 0 Å². The van der Waals surface area contributed by atoms with Crippen LogP contribution in [0.3, 0.4) is 0 Å². The first-order chi connectivity index (χ1) is 12.6. The maximum Gasteiger partial charge on any atom is 0.240 e. The fraction of sp³-hybridized carbons (Fsp3) is 0.250. The molecule has 134 valence electrons. The van der Waals surface area contributed by atoms with E-state index in [4.69, 9.17) is 21.1 Å². The summed E-state index contributed by atoms with van der Waals surface area (Å²) in [6, 6.07) is 13.3. The highest BCUT2D eigenvalue weighted by Crippen LogP contribution is 2.32. The Morgan fingerprint density at radius 2 is 1.96 bits per heavy atom. The van der Waals surface area contributed by atoms with Gasteiger partial charge in [-0.05, 0) is 48.2 Å². The van der Waals surface area contributed by atoms with Gasteiger partial charge in [0.2, 0.25) is 5.91 Å². The number of aromatic nitrogens is 1. The van der Waals surface area contributed by atoms with Crippen molar-refractivity contribution in [2.24, 2.45) is 0 Å². The molecule has 1 atom stereocenters. The molecule has 1 N–H and O–H groups in total. The number of benzene rings is 2. The highest BCUT2D eigenvalue weighted by atomic mass is 35.5. The molecule has 1 aromatic heterocycles. The van der Waals surface area contributed by atoms with Gasteiger partial charge in [-0.15, -0.1) is 0 Å². The SMILES string of the molecule is CC(NC(=O)Cn1ccc2ccc(Cl)cc21)c1ccc2c(c1)OCCO2. The smallest absolute Gasteiger partial charge is 0.240 e. The normalized spacial score (nSPS) is 14.2. The van der Waals surface area contributed by atoms with Gasteiger partial charge < -0.3 is 19.4 Å². The third-order valence-corrected chi connectivity index (χ3v) is 4.73. The van der Waals surface area contributed by atoms with Crippen LogP contribution in [0.25, 0.3) is 10.9 Å². The summed E-state index contributed by atoms with van der Waals surface area (Å²) in [5, 5.41) is 4.74. The molecule has 26 heavy (non-hydrogen) atoms. The number of nitrogens with zero attached hydrogens (tertiary/aromatic N) is 1. The van der Waals surface area contributed by atoms with Crippen molar-refractivity contribution in [3.8, 4) is 11.5 Å². The summed E-state index contributed by atoms with van der Waals surface area (Å²) in [4.78, 5) is 12.5. The molecular formula is C20H19ClN2O3. The van der Waals surface area contributed by atoms with Crippen LogP contribution in [0.1, 0.15) is 18.5 Å². The molecule has 0 bridgehead atoms. The van der Waals surface area contributed by atoms with Crippen LogP contribution in [0, 0.1) is 0 Å². The monoisotopic (exact) mass is 370 g/mol. The van der Waals surface area contributed by atoms with Crippen molar-refractivity contribution in [1.82, 2.24) is 9.88 Å². The molecule has 1 aliphatic rings. The number of ether oxygens (including phenoxy) is 2. The molecule has 4 rings (SSSR count). The van der Waals surface area contributed by atoms with Crippen LogP contribution >= 0.6 is 11.6 Å². The molecule has 0 aliphatic carbocycles. The topological polar surface area (TPSA) is 52.5 Å². The molecule has 2 aromatic carbocycles. The van der Waals surface area contributed by atoms with Gasteiger partial charge in [0.1, 0.15) is 19.8 Å². The lowest BCUT2D eigenvalue weighted by Crippen LogP contribution is -2.30. The predicted molar refractivity (Wildman–Crippen MR) is 101 cm³/mol. The zero-order valence-electron chi connectivity index (χ0n) is 14.4. The number of hydrogen-bond acceptors (Lipinski definition) is 3. The van der Waals surface area contributed by atoms with Gasteiger partial charge in [-0.1, -0.05) is 23.7 Å². The average molecular weight is 371 g/mol. The Balaban J connectivity index is 1.46. The molecule has 2 heterocycles. The lowest BCUT2D eigenvalue weighted by molar-refractivity contribution is -0.122. The number of amides is 1. The van der Waals surface area contributed by atoms with Gasteiger partial charge in [0.05, 0.1) is 6.04 Å². The minimum Gasteiger partial charge on any atom is -0.486 e. The first-order valence-electron chi connectivity index (χ1n) is 8.53.